The Morgan fingerprint density at radius 3 is 1.88 bits per heavy atom. The molecule has 1 fully saturated rings. The van der Waals surface area contributed by atoms with Crippen LogP contribution in [0.2, 0.25) is 0 Å². The first-order chi connectivity index (χ1) is 7.59. The molecule has 0 aromatic rings. The fraction of sp³-hybridized carbons (Fsp3) is 1.00. The largest absolute Gasteiger partial charge is 0.390 e. The summed E-state index contributed by atoms with van der Waals surface area (Å²) in [5, 5.41) is 0. The highest BCUT2D eigenvalue weighted by Crippen LogP contribution is 2.41. The number of hydrogen-bond acceptors (Lipinski definition) is 1. The highest BCUT2D eigenvalue weighted by Gasteiger charge is 2.36. The molecular formula is C13H24F3N. The molecular weight excluding hydrogens is 227 g/mol. The van der Waals surface area contributed by atoms with E-state index in [1.807, 2.05) is 0 Å². The molecule has 1 unspecified atom stereocenters. The zero-order chi connectivity index (χ0) is 13.3. The predicted octanol–water partition coefficient (Wildman–Crippen LogP) is 4.12. The molecule has 0 spiro atoms. The first-order valence-corrected chi connectivity index (χ1v) is 6.42. The van der Waals surface area contributed by atoms with E-state index in [1.165, 1.54) is 0 Å². The van der Waals surface area contributed by atoms with E-state index in [0.29, 0.717) is 5.92 Å². The summed E-state index contributed by atoms with van der Waals surface area (Å²) < 4.78 is 36.7. The Labute approximate surface area is 102 Å². The van der Waals surface area contributed by atoms with Crippen LogP contribution in [0.3, 0.4) is 0 Å². The Morgan fingerprint density at radius 1 is 1.06 bits per heavy atom. The van der Waals surface area contributed by atoms with Crippen LogP contribution in [0.4, 0.5) is 13.2 Å². The van der Waals surface area contributed by atoms with Crippen molar-refractivity contribution in [2.45, 2.75) is 65.1 Å². The van der Waals surface area contributed by atoms with Crippen LogP contribution < -0.4 is 5.73 Å². The first-order valence-electron chi connectivity index (χ1n) is 6.42. The lowest BCUT2D eigenvalue weighted by atomic mass is 9.68. The minimum Gasteiger partial charge on any atom is -0.327 e. The molecule has 0 amide bonds. The van der Waals surface area contributed by atoms with Gasteiger partial charge in [-0.15, -0.1) is 0 Å². The molecule has 1 saturated carbocycles. The minimum atomic E-state index is -4.12. The molecule has 0 heterocycles. The number of nitrogens with two attached hydrogens (primary N) is 1. The quantitative estimate of drug-likeness (QED) is 0.785. The van der Waals surface area contributed by atoms with Gasteiger partial charge in [-0.1, -0.05) is 20.8 Å². The number of rotatable bonds is 2. The second-order valence-corrected chi connectivity index (χ2v) is 6.46. The van der Waals surface area contributed by atoms with E-state index in [2.05, 4.69) is 20.8 Å². The second-order valence-electron chi connectivity index (χ2n) is 6.46. The van der Waals surface area contributed by atoms with Crippen LogP contribution in [-0.4, -0.2) is 12.2 Å². The van der Waals surface area contributed by atoms with Crippen LogP contribution in [-0.2, 0) is 0 Å². The van der Waals surface area contributed by atoms with Crippen molar-refractivity contribution in [2.75, 3.05) is 0 Å². The molecule has 0 saturated heterocycles. The van der Waals surface area contributed by atoms with Gasteiger partial charge in [-0.3, -0.25) is 0 Å². The Morgan fingerprint density at radius 2 is 1.53 bits per heavy atom. The van der Waals surface area contributed by atoms with Crippen LogP contribution in [0.15, 0.2) is 0 Å². The Kier molecular flexibility index (Phi) is 4.50. The maximum atomic E-state index is 12.2. The van der Waals surface area contributed by atoms with Gasteiger partial charge in [0.05, 0.1) is 6.42 Å². The van der Waals surface area contributed by atoms with Crippen molar-refractivity contribution in [1.82, 2.24) is 0 Å². The summed E-state index contributed by atoms with van der Waals surface area (Å²) in [6, 6.07) is -0.712. The SMILES string of the molecule is CC(C)(C)C1CCC(C(N)CC(F)(F)F)CC1. The van der Waals surface area contributed by atoms with E-state index in [4.69, 9.17) is 5.73 Å². The van der Waals surface area contributed by atoms with Gasteiger partial charge in [0.25, 0.3) is 0 Å². The van der Waals surface area contributed by atoms with Crippen LogP contribution >= 0.6 is 0 Å². The number of alkyl halides is 3. The summed E-state index contributed by atoms with van der Waals surface area (Å²) in [4.78, 5) is 0. The Hall–Kier alpha value is -0.250. The van der Waals surface area contributed by atoms with Gasteiger partial charge in [-0.2, -0.15) is 13.2 Å². The molecule has 1 atom stereocenters. The predicted molar refractivity (Wildman–Crippen MR) is 63.6 cm³/mol. The van der Waals surface area contributed by atoms with Gasteiger partial charge >= 0.3 is 6.18 Å². The highest BCUT2D eigenvalue weighted by molar-refractivity contribution is 4.85. The lowest BCUT2D eigenvalue weighted by molar-refractivity contribution is -0.141. The van der Waals surface area contributed by atoms with Crippen molar-refractivity contribution in [3.05, 3.63) is 0 Å². The third kappa shape index (κ3) is 4.86. The van der Waals surface area contributed by atoms with E-state index < -0.39 is 18.6 Å². The van der Waals surface area contributed by atoms with E-state index in [9.17, 15) is 13.2 Å². The number of halogens is 3. The van der Waals surface area contributed by atoms with Gasteiger partial charge < -0.3 is 5.73 Å². The zero-order valence-corrected chi connectivity index (χ0v) is 11.0. The van der Waals surface area contributed by atoms with E-state index in [-0.39, 0.29) is 11.3 Å². The lowest BCUT2D eigenvalue weighted by Gasteiger charge is -2.38. The fourth-order valence-electron chi connectivity index (χ4n) is 2.85. The van der Waals surface area contributed by atoms with Crippen molar-refractivity contribution < 1.29 is 13.2 Å². The summed E-state index contributed by atoms with van der Waals surface area (Å²) in [7, 11) is 0. The van der Waals surface area contributed by atoms with E-state index >= 15 is 0 Å². The van der Waals surface area contributed by atoms with Crippen molar-refractivity contribution in [1.29, 1.82) is 0 Å². The van der Waals surface area contributed by atoms with Crippen LogP contribution in [0.25, 0.3) is 0 Å². The molecule has 102 valence electrons. The van der Waals surface area contributed by atoms with Gasteiger partial charge in [0.1, 0.15) is 0 Å². The first kappa shape index (κ1) is 14.8. The Balaban J connectivity index is 2.42. The molecule has 1 nitrogen and oxygen atoms in total. The van der Waals surface area contributed by atoms with Gasteiger partial charge in [0.15, 0.2) is 0 Å². The standard InChI is InChI=1S/C13H24F3N/c1-12(2,3)10-6-4-9(5-7-10)11(17)8-13(14,15)16/h9-11H,4-8,17H2,1-3H3. The summed E-state index contributed by atoms with van der Waals surface area (Å²) in [5.41, 5.74) is 5.93. The summed E-state index contributed by atoms with van der Waals surface area (Å²) in [5.74, 6) is 0.673. The zero-order valence-electron chi connectivity index (χ0n) is 11.0. The molecule has 0 radical (unpaired) electrons. The minimum absolute atomic E-state index is 0.0511. The summed E-state index contributed by atoms with van der Waals surface area (Å²) in [6.45, 7) is 6.61. The van der Waals surface area contributed by atoms with E-state index in [1.54, 1.807) is 0 Å². The lowest BCUT2D eigenvalue weighted by Crippen LogP contribution is -2.38. The normalized spacial score (nSPS) is 29.1. The van der Waals surface area contributed by atoms with Gasteiger partial charge in [0, 0.05) is 6.04 Å². The van der Waals surface area contributed by atoms with Crippen LogP contribution in [0.1, 0.15) is 52.9 Å². The second kappa shape index (κ2) is 5.17. The van der Waals surface area contributed by atoms with Crippen LogP contribution in [0.5, 0.6) is 0 Å². The smallest absolute Gasteiger partial charge is 0.327 e. The molecule has 0 aliphatic heterocycles. The Bertz CT molecular complexity index is 234. The molecule has 0 bridgehead atoms. The third-order valence-corrected chi connectivity index (χ3v) is 4.07. The maximum Gasteiger partial charge on any atom is 0.390 e. The van der Waals surface area contributed by atoms with Gasteiger partial charge in [-0.05, 0) is 42.9 Å². The van der Waals surface area contributed by atoms with Crippen molar-refractivity contribution in [3.8, 4) is 0 Å². The monoisotopic (exact) mass is 251 g/mol. The maximum absolute atomic E-state index is 12.2. The molecule has 4 heteroatoms. The van der Waals surface area contributed by atoms with Crippen molar-refractivity contribution >= 4 is 0 Å². The fourth-order valence-corrected chi connectivity index (χ4v) is 2.85. The molecule has 1 aliphatic rings. The van der Waals surface area contributed by atoms with Crippen molar-refractivity contribution in [3.63, 3.8) is 0 Å². The molecule has 0 aromatic carbocycles. The summed E-state index contributed by atoms with van der Waals surface area (Å²) >= 11 is 0. The molecule has 1 aliphatic carbocycles. The van der Waals surface area contributed by atoms with Crippen molar-refractivity contribution in [2.24, 2.45) is 23.0 Å². The van der Waals surface area contributed by atoms with Gasteiger partial charge in [0.2, 0.25) is 0 Å². The highest BCUT2D eigenvalue weighted by atomic mass is 19.4. The van der Waals surface area contributed by atoms with Crippen LogP contribution in [0, 0.1) is 17.3 Å². The van der Waals surface area contributed by atoms with E-state index in [0.717, 1.165) is 25.7 Å². The number of hydrogen-bond donors (Lipinski definition) is 1. The molecule has 1 rings (SSSR count). The molecule has 17 heavy (non-hydrogen) atoms. The van der Waals surface area contributed by atoms with Gasteiger partial charge in [-0.25, -0.2) is 0 Å². The average Bonchev–Trinajstić information content (AvgIpc) is 2.14. The average molecular weight is 251 g/mol. The molecule has 0 aromatic heterocycles. The summed E-state index contributed by atoms with van der Waals surface area (Å²) in [6.07, 6.45) is -1.24. The third-order valence-electron chi connectivity index (χ3n) is 4.07. The molecule has 2 N–H and O–H groups in total. The topological polar surface area (TPSA) is 26.0 Å².